The molecule has 8 heteroatoms. The van der Waals surface area contributed by atoms with Crippen LogP contribution in [0.5, 0.6) is 0 Å². The molecule has 0 spiro atoms. The van der Waals surface area contributed by atoms with Crippen LogP contribution in [0, 0.1) is 11.8 Å². The number of fused-ring (bicyclic) bond motifs is 1. The van der Waals surface area contributed by atoms with Gasteiger partial charge in [-0.25, -0.2) is 18.1 Å². The van der Waals surface area contributed by atoms with E-state index in [0.717, 1.165) is 35.9 Å². The standard InChI is InChI=1S/C21H23N3O3S2/c25-20(24-21-23-18-8-4-5-9-19(18)28-21)16-12-10-15(11-13-16)14-22-29(26,27)17-6-2-1-3-7-17/h1-9,15-16,22H,10-14H2,(H,23,24,25). The summed E-state index contributed by atoms with van der Waals surface area (Å²) in [6.45, 7) is 0.406. The van der Waals surface area contributed by atoms with Crippen molar-refractivity contribution in [1.29, 1.82) is 0 Å². The van der Waals surface area contributed by atoms with Crippen molar-refractivity contribution in [2.45, 2.75) is 30.6 Å². The van der Waals surface area contributed by atoms with Crippen molar-refractivity contribution in [2.24, 2.45) is 11.8 Å². The molecular formula is C21H23N3O3S2. The zero-order valence-electron chi connectivity index (χ0n) is 15.9. The van der Waals surface area contributed by atoms with E-state index in [1.165, 1.54) is 11.3 Å². The van der Waals surface area contributed by atoms with Crippen LogP contribution in [0.1, 0.15) is 25.7 Å². The Kier molecular flexibility index (Phi) is 5.94. The lowest BCUT2D eigenvalue weighted by Gasteiger charge is -2.27. The molecule has 0 unspecified atom stereocenters. The van der Waals surface area contributed by atoms with Crippen LogP contribution < -0.4 is 10.0 Å². The second kappa shape index (κ2) is 8.61. The monoisotopic (exact) mass is 429 g/mol. The third-order valence-electron chi connectivity index (χ3n) is 5.36. The van der Waals surface area contributed by atoms with Crippen molar-refractivity contribution < 1.29 is 13.2 Å². The number of carbonyl (C=O) groups is 1. The van der Waals surface area contributed by atoms with Crippen LogP contribution in [0.15, 0.2) is 59.5 Å². The highest BCUT2D eigenvalue weighted by Crippen LogP contribution is 2.31. The smallest absolute Gasteiger partial charge is 0.240 e. The minimum Gasteiger partial charge on any atom is -0.302 e. The zero-order chi connectivity index (χ0) is 20.3. The summed E-state index contributed by atoms with van der Waals surface area (Å²) in [6.07, 6.45) is 3.17. The van der Waals surface area contributed by atoms with Crippen molar-refractivity contribution in [3.8, 4) is 0 Å². The summed E-state index contributed by atoms with van der Waals surface area (Å²) in [5.41, 5.74) is 0.891. The number of sulfonamides is 1. The van der Waals surface area contributed by atoms with E-state index >= 15 is 0 Å². The van der Waals surface area contributed by atoms with Crippen LogP contribution in [-0.4, -0.2) is 25.9 Å². The molecule has 0 aliphatic heterocycles. The Morgan fingerprint density at radius 2 is 1.69 bits per heavy atom. The van der Waals surface area contributed by atoms with Crippen LogP contribution in [0.25, 0.3) is 10.2 Å². The molecule has 0 radical (unpaired) electrons. The Morgan fingerprint density at radius 3 is 2.41 bits per heavy atom. The van der Waals surface area contributed by atoms with Gasteiger partial charge in [-0.2, -0.15) is 0 Å². The second-order valence-electron chi connectivity index (χ2n) is 7.36. The number of para-hydroxylation sites is 1. The SMILES string of the molecule is O=C(Nc1nc2ccccc2s1)C1CCC(CNS(=O)(=O)c2ccccc2)CC1. The highest BCUT2D eigenvalue weighted by atomic mass is 32.2. The molecular weight excluding hydrogens is 406 g/mol. The Hall–Kier alpha value is -2.29. The maximum absolute atomic E-state index is 12.6. The van der Waals surface area contributed by atoms with Gasteiger partial charge < -0.3 is 5.32 Å². The van der Waals surface area contributed by atoms with Gasteiger partial charge in [0.05, 0.1) is 15.1 Å². The molecule has 0 saturated heterocycles. The molecule has 2 N–H and O–H groups in total. The minimum absolute atomic E-state index is 0.00683. The van der Waals surface area contributed by atoms with E-state index in [4.69, 9.17) is 0 Å². The number of nitrogens with zero attached hydrogens (tertiary/aromatic N) is 1. The molecule has 0 atom stereocenters. The normalized spacial score (nSPS) is 19.9. The summed E-state index contributed by atoms with van der Waals surface area (Å²) in [4.78, 5) is 17.3. The van der Waals surface area contributed by atoms with Crippen molar-refractivity contribution in [2.75, 3.05) is 11.9 Å². The molecule has 0 bridgehead atoms. The molecule has 1 aliphatic rings. The number of anilines is 1. The van der Waals surface area contributed by atoms with Gasteiger partial charge in [-0.05, 0) is 55.9 Å². The third-order valence-corrected chi connectivity index (χ3v) is 7.75. The number of hydrogen-bond acceptors (Lipinski definition) is 5. The number of benzene rings is 2. The fourth-order valence-electron chi connectivity index (χ4n) is 3.67. The average molecular weight is 430 g/mol. The van der Waals surface area contributed by atoms with Crippen molar-refractivity contribution in [3.63, 3.8) is 0 Å². The second-order valence-corrected chi connectivity index (χ2v) is 10.2. The first-order chi connectivity index (χ1) is 14.0. The highest BCUT2D eigenvalue weighted by Gasteiger charge is 2.27. The zero-order valence-corrected chi connectivity index (χ0v) is 17.5. The molecule has 2 aromatic carbocycles. The fourth-order valence-corrected chi connectivity index (χ4v) is 5.68. The number of aromatic nitrogens is 1. The number of amides is 1. The first kappa shape index (κ1) is 20.0. The topological polar surface area (TPSA) is 88.2 Å². The molecule has 29 heavy (non-hydrogen) atoms. The predicted molar refractivity (Wildman–Crippen MR) is 115 cm³/mol. The number of rotatable bonds is 6. The van der Waals surface area contributed by atoms with Crippen LogP contribution in [-0.2, 0) is 14.8 Å². The number of carbonyl (C=O) groups excluding carboxylic acids is 1. The van der Waals surface area contributed by atoms with Gasteiger partial charge in [-0.15, -0.1) is 0 Å². The molecule has 1 saturated carbocycles. The molecule has 152 valence electrons. The quantitative estimate of drug-likeness (QED) is 0.619. The van der Waals surface area contributed by atoms with E-state index in [1.54, 1.807) is 30.3 Å². The summed E-state index contributed by atoms with van der Waals surface area (Å²) in [7, 11) is -3.48. The summed E-state index contributed by atoms with van der Waals surface area (Å²) >= 11 is 1.48. The molecule has 4 rings (SSSR count). The lowest BCUT2D eigenvalue weighted by Crippen LogP contribution is -2.33. The van der Waals surface area contributed by atoms with Crippen LogP contribution >= 0.6 is 11.3 Å². The summed E-state index contributed by atoms with van der Waals surface area (Å²) in [5, 5.41) is 3.58. The van der Waals surface area contributed by atoms with Crippen molar-refractivity contribution >= 4 is 42.6 Å². The third kappa shape index (κ3) is 4.83. The van der Waals surface area contributed by atoms with Crippen LogP contribution in [0.4, 0.5) is 5.13 Å². The summed E-state index contributed by atoms with van der Waals surface area (Å²) < 4.78 is 28.4. The highest BCUT2D eigenvalue weighted by molar-refractivity contribution is 7.89. The van der Waals surface area contributed by atoms with Gasteiger partial charge >= 0.3 is 0 Å². The van der Waals surface area contributed by atoms with Gasteiger partial charge in [0.2, 0.25) is 15.9 Å². The Labute approximate surface area is 174 Å². The molecule has 1 aliphatic carbocycles. The molecule has 6 nitrogen and oxygen atoms in total. The Morgan fingerprint density at radius 1 is 1.00 bits per heavy atom. The van der Waals surface area contributed by atoms with Gasteiger partial charge in [0, 0.05) is 12.5 Å². The molecule has 1 fully saturated rings. The number of nitrogens with one attached hydrogen (secondary N) is 2. The van der Waals surface area contributed by atoms with Gasteiger partial charge in [0.15, 0.2) is 5.13 Å². The Bertz CT molecular complexity index is 1060. The van der Waals surface area contributed by atoms with Crippen molar-refractivity contribution in [1.82, 2.24) is 9.71 Å². The molecule has 1 aromatic heterocycles. The lowest BCUT2D eigenvalue weighted by atomic mass is 9.81. The molecule has 1 amide bonds. The van der Waals surface area contributed by atoms with Crippen molar-refractivity contribution in [3.05, 3.63) is 54.6 Å². The van der Waals surface area contributed by atoms with Crippen LogP contribution in [0.3, 0.4) is 0 Å². The van der Waals surface area contributed by atoms with E-state index in [9.17, 15) is 13.2 Å². The van der Waals surface area contributed by atoms with E-state index in [-0.39, 0.29) is 22.6 Å². The van der Waals surface area contributed by atoms with E-state index < -0.39 is 10.0 Å². The number of hydrogen-bond donors (Lipinski definition) is 2. The number of thiazole rings is 1. The summed E-state index contributed by atoms with van der Waals surface area (Å²) in [6, 6.07) is 16.2. The van der Waals surface area contributed by atoms with Gasteiger partial charge in [0.25, 0.3) is 0 Å². The Balaban J connectivity index is 1.27. The van der Waals surface area contributed by atoms with Gasteiger partial charge in [-0.1, -0.05) is 41.7 Å². The predicted octanol–water partition coefficient (Wildman–Crippen LogP) is 4.02. The van der Waals surface area contributed by atoms with Gasteiger partial charge in [-0.3, -0.25) is 4.79 Å². The first-order valence-electron chi connectivity index (χ1n) is 9.72. The van der Waals surface area contributed by atoms with Crippen LogP contribution in [0.2, 0.25) is 0 Å². The van der Waals surface area contributed by atoms with E-state index in [2.05, 4.69) is 15.0 Å². The first-order valence-corrected chi connectivity index (χ1v) is 12.0. The summed E-state index contributed by atoms with van der Waals surface area (Å²) in [5.74, 6) is 0.205. The fraction of sp³-hybridized carbons (Fsp3) is 0.333. The average Bonchev–Trinajstić information content (AvgIpc) is 3.15. The van der Waals surface area contributed by atoms with Gasteiger partial charge in [0.1, 0.15) is 0 Å². The maximum Gasteiger partial charge on any atom is 0.240 e. The van der Waals surface area contributed by atoms with E-state index in [0.29, 0.717) is 11.7 Å². The lowest BCUT2D eigenvalue weighted by molar-refractivity contribution is -0.121. The molecule has 3 aromatic rings. The largest absolute Gasteiger partial charge is 0.302 e. The molecule has 1 heterocycles. The van der Waals surface area contributed by atoms with E-state index in [1.807, 2.05) is 24.3 Å². The minimum atomic E-state index is -3.48. The maximum atomic E-state index is 12.6.